The number of benzene rings is 1. The van der Waals surface area contributed by atoms with Crippen LogP contribution in [0, 0.1) is 5.82 Å². The zero-order chi connectivity index (χ0) is 13.6. The molecule has 0 saturated carbocycles. The Morgan fingerprint density at radius 2 is 1.94 bits per heavy atom. The number of nitrogens with zero attached hydrogens (tertiary/aromatic N) is 1. The number of hydrogen-bond donors (Lipinski definition) is 0. The molecule has 0 amide bonds. The number of unbranched alkanes of at least 4 members (excludes halogenated alkanes) is 1. The second kappa shape index (κ2) is 6.85. The Bertz CT molecular complexity index is 474. The lowest BCUT2D eigenvalue weighted by atomic mass is 10.2. The van der Waals surface area contributed by atoms with E-state index in [1.54, 1.807) is 25.2 Å². The van der Waals surface area contributed by atoms with Gasteiger partial charge in [-0.05, 0) is 24.5 Å². The first-order valence-corrected chi connectivity index (χ1v) is 7.75. The third-order valence-corrected chi connectivity index (χ3v) is 4.74. The highest BCUT2D eigenvalue weighted by molar-refractivity contribution is 7.89. The van der Waals surface area contributed by atoms with Crippen LogP contribution in [0.2, 0.25) is 0 Å². The quantitative estimate of drug-likeness (QED) is 0.765. The molecule has 5 heteroatoms. The first-order chi connectivity index (χ1) is 8.47. The molecule has 1 aromatic rings. The molecule has 0 aliphatic rings. The largest absolute Gasteiger partial charge is 0.214 e. The van der Waals surface area contributed by atoms with Crippen LogP contribution in [-0.4, -0.2) is 32.1 Å². The summed E-state index contributed by atoms with van der Waals surface area (Å²) in [7, 11) is -1.71. The summed E-state index contributed by atoms with van der Waals surface area (Å²) in [5.41, 5.74) is 0.449. The smallest absolute Gasteiger partial charge is 0.212 e. The summed E-state index contributed by atoms with van der Waals surface area (Å²) < 4.78 is 38.6. The van der Waals surface area contributed by atoms with E-state index >= 15 is 0 Å². The predicted octanol–water partition coefficient (Wildman–Crippen LogP) is 2.43. The SMILES string of the molecule is CCCCN(C)S(=O)(=O)CCc1ccccc1F. The molecule has 18 heavy (non-hydrogen) atoms. The van der Waals surface area contributed by atoms with E-state index in [9.17, 15) is 12.8 Å². The van der Waals surface area contributed by atoms with E-state index in [4.69, 9.17) is 0 Å². The summed E-state index contributed by atoms with van der Waals surface area (Å²) in [6, 6.07) is 6.28. The molecule has 102 valence electrons. The monoisotopic (exact) mass is 273 g/mol. The van der Waals surface area contributed by atoms with Gasteiger partial charge in [0.25, 0.3) is 0 Å². The maximum atomic E-state index is 13.4. The van der Waals surface area contributed by atoms with Gasteiger partial charge in [0.2, 0.25) is 10.0 Å². The molecule has 0 radical (unpaired) electrons. The van der Waals surface area contributed by atoms with Crippen molar-refractivity contribution >= 4 is 10.0 Å². The maximum absolute atomic E-state index is 13.4. The van der Waals surface area contributed by atoms with Gasteiger partial charge in [-0.15, -0.1) is 0 Å². The lowest BCUT2D eigenvalue weighted by molar-refractivity contribution is 0.459. The topological polar surface area (TPSA) is 37.4 Å². The van der Waals surface area contributed by atoms with Crippen molar-refractivity contribution in [2.45, 2.75) is 26.2 Å². The molecule has 0 aromatic heterocycles. The minimum absolute atomic E-state index is 0.0475. The van der Waals surface area contributed by atoms with Crippen LogP contribution in [0.1, 0.15) is 25.3 Å². The first kappa shape index (κ1) is 15.1. The van der Waals surface area contributed by atoms with Gasteiger partial charge in [0.1, 0.15) is 5.82 Å². The van der Waals surface area contributed by atoms with E-state index in [-0.39, 0.29) is 18.0 Å². The lowest BCUT2D eigenvalue weighted by Gasteiger charge is -2.16. The number of sulfonamides is 1. The first-order valence-electron chi connectivity index (χ1n) is 6.15. The molecule has 1 rings (SSSR count). The van der Waals surface area contributed by atoms with E-state index in [0.29, 0.717) is 12.1 Å². The normalized spacial score (nSPS) is 12.0. The van der Waals surface area contributed by atoms with Gasteiger partial charge in [0, 0.05) is 13.6 Å². The highest BCUT2D eigenvalue weighted by atomic mass is 32.2. The summed E-state index contributed by atoms with van der Waals surface area (Å²) in [5, 5.41) is 0. The van der Waals surface area contributed by atoms with E-state index in [2.05, 4.69) is 0 Å². The van der Waals surface area contributed by atoms with Crippen LogP contribution < -0.4 is 0 Å². The van der Waals surface area contributed by atoms with Crippen molar-refractivity contribution in [1.82, 2.24) is 4.31 Å². The van der Waals surface area contributed by atoms with Crippen LogP contribution in [0.25, 0.3) is 0 Å². The molecule has 0 spiro atoms. The molecule has 0 unspecified atom stereocenters. The van der Waals surface area contributed by atoms with Crippen molar-refractivity contribution in [2.24, 2.45) is 0 Å². The van der Waals surface area contributed by atoms with Crippen LogP contribution in [0.3, 0.4) is 0 Å². The van der Waals surface area contributed by atoms with Crippen LogP contribution in [-0.2, 0) is 16.4 Å². The Kier molecular flexibility index (Phi) is 5.75. The van der Waals surface area contributed by atoms with E-state index in [1.807, 2.05) is 6.92 Å². The fourth-order valence-electron chi connectivity index (χ4n) is 1.62. The highest BCUT2D eigenvalue weighted by Gasteiger charge is 2.17. The predicted molar refractivity (Wildman–Crippen MR) is 71.4 cm³/mol. The Morgan fingerprint density at radius 3 is 2.56 bits per heavy atom. The van der Waals surface area contributed by atoms with E-state index in [0.717, 1.165) is 12.8 Å². The summed E-state index contributed by atoms with van der Waals surface area (Å²) in [4.78, 5) is 0. The molecule has 0 heterocycles. The van der Waals surface area contributed by atoms with Crippen molar-refractivity contribution < 1.29 is 12.8 Å². The Hall–Kier alpha value is -0.940. The number of rotatable bonds is 7. The highest BCUT2D eigenvalue weighted by Crippen LogP contribution is 2.10. The third-order valence-electron chi connectivity index (χ3n) is 2.89. The standard InChI is InChI=1S/C13H20FNO2S/c1-3-4-10-15(2)18(16,17)11-9-12-7-5-6-8-13(12)14/h5-8H,3-4,9-11H2,1-2H3. The molecule has 1 aromatic carbocycles. The van der Waals surface area contributed by atoms with Gasteiger partial charge < -0.3 is 0 Å². The molecule has 0 fully saturated rings. The zero-order valence-electron chi connectivity index (χ0n) is 10.9. The maximum Gasteiger partial charge on any atom is 0.214 e. The van der Waals surface area contributed by atoms with Gasteiger partial charge in [-0.25, -0.2) is 17.1 Å². The second-order valence-corrected chi connectivity index (χ2v) is 6.53. The molecule has 0 atom stereocenters. The molecule has 3 nitrogen and oxygen atoms in total. The summed E-state index contributed by atoms with van der Waals surface area (Å²) >= 11 is 0. The molecular formula is C13H20FNO2S. The molecule has 0 aliphatic heterocycles. The zero-order valence-corrected chi connectivity index (χ0v) is 11.7. The molecule has 0 saturated heterocycles. The summed E-state index contributed by atoms with van der Waals surface area (Å²) in [6.45, 7) is 2.54. The average molecular weight is 273 g/mol. The summed E-state index contributed by atoms with van der Waals surface area (Å²) in [5.74, 6) is -0.391. The van der Waals surface area contributed by atoms with Crippen LogP contribution in [0.5, 0.6) is 0 Å². The Morgan fingerprint density at radius 1 is 1.28 bits per heavy atom. The van der Waals surface area contributed by atoms with Gasteiger partial charge in [-0.2, -0.15) is 0 Å². The minimum Gasteiger partial charge on any atom is -0.212 e. The molecular weight excluding hydrogens is 253 g/mol. The number of halogens is 1. The van der Waals surface area contributed by atoms with Gasteiger partial charge in [0.05, 0.1) is 5.75 Å². The Labute approximate surface area is 109 Å². The average Bonchev–Trinajstić information content (AvgIpc) is 2.35. The van der Waals surface area contributed by atoms with Crippen molar-refractivity contribution in [3.05, 3.63) is 35.6 Å². The Balaban J connectivity index is 2.59. The van der Waals surface area contributed by atoms with Crippen molar-refractivity contribution in [2.75, 3.05) is 19.3 Å². The summed E-state index contributed by atoms with van der Waals surface area (Å²) in [6.07, 6.45) is 2.01. The fourth-order valence-corrected chi connectivity index (χ4v) is 2.81. The van der Waals surface area contributed by atoms with Crippen LogP contribution in [0.15, 0.2) is 24.3 Å². The number of hydrogen-bond acceptors (Lipinski definition) is 2. The van der Waals surface area contributed by atoms with Crippen molar-refractivity contribution in [3.63, 3.8) is 0 Å². The van der Waals surface area contributed by atoms with Crippen LogP contribution >= 0.6 is 0 Å². The number of aryl methyl sites for hydroxylation is 1. The van der Waals surface area contributed by atoms with Crippen molar-refractivity contribution in [3.8, 4) is 0 Å². The lowest BCUT2D eigenvalue weighted by Crippen LogP contribution is -2.30. The van der Waals surface area contributed by atoms with Gasteiger partial charge in [-0.1, -0.05) is 31.5 Å². The van der Waals surface area contributed by atoms with E-state index in [1.165, 1.54) is 10.4 Å². The van der Waals surface area contributed by atoms with Crippen LogP contribution in [0.4, 0.5) is 4.39 Å². The minimum atomic E-state index is -3.28. The fraction of sp³-hybridized carbons (Fsp3) is 0.538. The molecule has 0 bridgehead atoms. The van der Waals surface area contributed by atoms with Crippen molar-refractivity contribution in [1.29, 1.82) is 0 Å². The second-order valence-electron chi connectivity index (χ2n) is 4.33. The molecule has 0 N–H and O–H groups in total. The third kappa shape index (κ3) is 4.38. The van der Waals surface area contributed by atoms with Gasteiger partial charge in [0.15, 0.2) is 0 Å². The van der Waals surface area contributed by atoms with E-state index < -0.39 is 10.0 Å². The van der Waals surface area contributed by atoms with Gasteiger partial charge >= 0.3 is 0 Å². The molecule has 0 aliphatic carbocycles. The van der Waals surface area contributed by atoms with Gasteiger partial charge in [-0.3, -0.25) is 0 Å².